The molecule has 1 amide bonds. The lowest BCUT2D eigenvalue weighted by Crippen LogP contribution is -2.30. The molecular weight excluding hydrogens is 273 g/mol. The molecule has 1 rings (SSSR count). The van der Waals surface area contributed by atoms with Crippen molar-refractivity contribution in [3.63, 3.8) is 0 Å². The van der Waals surface area contributed by atoms with Gasteiger partial charge in [-0.3, -0.25) is 4.79 Å². The second-order valence-corrected chi connectivity index (χ2v) is 4.85. The molecule has 1 N–H and O–H groups in total. The van der Waals surface area contributed by atoms with Crippen LogP contribution < -0.4 is 5.32 Å². The smallest absolute Gasteiger partial charge is 0.246 e. The summed E-state index contributed by atoms with van der Waals surface area (Å²) >= 11 is 11.9. The van der Waals surface area contributed by atoms with Gasteiger partial charge in [-0.25, -0.2) is 0 Å². The summed E-state index contributed by atoms with van der Waals surface area (Å²) in [4.78, 5) is 11.6. The second-order valence-electron chi connectivity index (χ2n) is 4.01. The van der Waals surface area contributed by atoms with Crippen molar-refractivity contribution in [1.29, 1.82) is 0 Å². The van der Waals surface area contributed by atoms with E-state index in [9.17, 15) is 4.79 Å². The first-order chi connectivity index (χ1) is 8.54. The van der Waals surface area contributed by atoms with Crippen molar-refractivity contribution in [3.8, 4) is 0 Å². The van der Waals surface area contributed by atoms with Crippen molar-refractivity contribution in [1.82, 2.24) is 5.32 Å². The summed E-state index contributed by atoms with van der Waals surface area (Å²) in [6, 6.07) is 5.04. The third-order valence-corrected chi connectivity index (χ3v) is 2.95. The number of hydrogen-bond donors (Lipinski definition) is 1. The maximum atomic E-state index is 11.6. The van der Waals surface area contributed by atoms with Crippen LogP contribution in [0, 0.1) is 0 Å². The van der Waals surface area contributed by atoms with Gasteiger partial charge in [-0.05, 0) is 31.0 Å². The van der Waals surface area contributed by atoms with Gasteiger partial charge in [0.15, 0.2) is 0 Å². The van der Waals surface area contributed by atoms with E-state index in [0.29, 0.717) is 16.7 Å². The van der Waals surface area contributed by atoms with Gasteiger partial charge in [0, 0.05) is 16.7 Å². The molecule has 18 heavy (non-hydrogen) atoms. The molecule has 0 heterocycles. The molecule has 1 unspecified atom stereocenters. The summed E-state index contributed by atoms with van der Waals surface area (Å²) in [7, 11) is 0. The largest absolute Gasteiger partial charge is 0.372 e. The molecule has 1 aromatic rings. The number of ether oxygens (including phenoxy) is 1. The highest BCUT2D eigenvalue weighted by Crippen LogP contribution is 2.25. The Bertz CT molecular complexity index is 410. The third kappa shape index (κ3) is 4.84. The van der Waals surface area contributed by atoms with Crippen molar-refractivity contribution < 1.29 is 9.53 Å². The van der Waals surface area contributed by atoms with E-state index in [1.54, 1.807) is 12.1 Å². The van der Waals surface area contributed by atoms with Gasteiger partial charge in [0.25, 0.3) is 0 Å². The van der Waals surface area contributed by atoms with Gasteiger partial charge in [0.05, 0.1) is 6.04 Å². The monoisotopic (exact) mass is 289 g/mol. The highest BCUT2D eigenvalue weighted by Gasteiger charge is 2.12. The lowest BCUT2D eigenvalue weighted by molar-refractivity contribution is -0.126. The Morgan fingerprint density at radius 2 is 2.17 bits per heavy atom. The van der Waals surface area contributed by atoms with Crippen LogP contribution in [0.2, 0.25) is 10.0 Å². The molecule has 3 nitrogen and oxygen atoms in total. The zero-order valence-electron chi connectivity index (χ0n) is 10.5. The molecule has 0 spiro atoms. The Morgan fingerprint density at radius 1 is 1.44 bits per heavy atom. The molecule has 0 radical (unpaired) electrons. The molecule has 100 valence electrons. The Labute approximate surface area is 117 Å². The summed E-state index contributed by atoms with van der Waals surface area (Å²) in [6.07, 6.45) is 0.895. The van der Waals surface area contributed by atoms with Gasteiger partial charge in [-0.15, -0.1) is 0 Å². The quantitative estimate of drug-likeness (QED) is 0.813. The van der Waals surface area contributed by atoms with Crippen molar-refractivity contribution in [3.05, 3.63) is 33.8 Å². The molecule has 1 atom stereocenters. The van der Waals surface area contributed by atoms with E-state index in [2.05, 4.69) is 5.32 Å². The first-order valence-electron chi connectivity index (χ1n) is 5.86. The van der Waals surface area contributed by atoms with E-state index in [4.69, 9.17) is 27.9 Å². The number of rotatable bonds is 6. The van der Waals surface area contributed by atoms with E-state index in [1.807, 2.05) is 19.9 Å². The molecule has 0 saturated heterocycles. The summed E-state index contributed by atoms with van der Waals surface area (Å²) in [6.45, 7) is 4.52. The summed E-state index contributed by atoms with van der Waals surface area (Å²) in [5.74, 6) is -0.151. The van der Waals surface area contributed by atoms with Crippen LogP contribution >= 0.6 is 23.2 Å². The average molecular weight is 290 g/mol. The zero-order chi connectivity index (χ0) is 13.5. The first kappa shape index (κ1) is 15.3. The van der Waals surface area contributed by atoms with Gasteiger partial charge in [-0.2, -0.15) is 0 Å². The number of halogens is 2. The van der Waals surface area contributed by atoms with Crippen molar-refractivity contribution >= 4 is 29.1 Å². The van der Waals surface area contributed by atoms with Gasteiger partial charge in [0.1, 0.15) is 6.61 Å². The normalized spacial score (nSPS) is 12.2. The zero-order valence-corrected chi connectivity index (χ0v) is 12.0. The van der Waals surface area contributed by atoms with Crippen LogP contribution in [0.1, 0.15) is 31.9 Å². The molecule has 0 saturated carbocycles. The average Bonchev–Trinajstić information content (AvgIpc) is 2.28. The van der Waals surface area contributed by atoms with E-state index < -0.39 is 0 Å². The standard InChI is InChI=1S/C13H17Cl2NO2/c1-3-6-18-8-13(17)16-9(2)11-5-4-10(14)7-12(11)15/h4-5,7,9H,3,6,8H2,1-2H3,(H,16,17). The third-order valence-electron chi connectivity index (χ3n) is 2.39. The van der Waals surface area contributed by atoms with Crippen molar-refractivity contribution in [2.75, 3.05) is 13.2 Å². The Balaban J connectivity index is 2.54. The van der Waals surface area contributed by atoms with Crippen LogP contribution in [0.25, 0.3) is 0 Å². The van der Waals surface area contributed by atoms with Gasteiger partial charge in [0.2, 0.25) is 5.91 Å². The van der Waals surface area contributed by atoms with Crippen LogP contribution in [0.4, 0.5) is 0 Å². The Hall–Kier alpha value is -0.770. The van der Waals surface area contributed by atoms with Crippen LogP contribution in [-0.2, 0) is 9.53 Å². The SMILES string of the molecule is CCCOCC(=O)NC(C)c1ccc(Cl)cc1Cl. The van der Waals surface area contributed by atoms with Gasteiger partial charge < -0.3 is 10.1 Å². The fraction of sp³-hybridized carbons (Fsp3) is 0.462. The minimum atomic E-state index is -0.174. The van der Waals surface area contributed by atoms with Gasteiger partial charge in [-0.1, -0.05) is 36.2 Å². The number of hydrogen-bond acceptors (Lipinski definition) is 2. The molecular formula is C13H17Cl2NO2. The minimum absolute atomic E-state index is 0.0728. The minimum Gasteiger partial charge on any atom is -0.372 e. The Kier molecular flexibility index (Phi) is 6.47. The summed E-state index contributed by atoms with van der Waals surface area (Å²) in [5.41, 5.74) is 0.838. The van der Waals surface area contributed by atoms with E-state index in [-0.39, 0.29) is 18.6 Å². The summed E-state index contributed by atoms with van der Waals surface area (Å²) in [5, 5.41) is 3.95. The van der Waals surface area contributed by atoms with Crippen molar-refractivity contribution in [2.45, 2.75) is 26.3 Å². The van der Waals surface area contributed by atoms with Crippen LogP contribution in [0.15, 0.2) is 18.2 Å². The number of carbonyl (C=O) groups is 1. The fourth-order valence-corrected chi connectivity index (χ4v) is 2.09. The van der Waals surface area contributed by atoms with Crippen molar-refractivity contribution in [2.24, 2.45) is 0 Å². The molecule has 0 fully saturated rings. The maximum Gasteiger partial charge on any atom is 0.246 e. The summed E-state index contributed by atoms with van der Waals surface area (Å²) < 4.78 is 5.16. The molecule has 0 aliphatic carbocycles. The second kappa shape index (κ2) is 7.62. The number of benzene rings is 1. The van der Waals surface area contributed by atoms with Crippen LogP contribution in [-0.4, -0.2) is 19.1 Å². The number of nitrogens with one attached hydrogen (secondary N) is 1. The lowest BCUT2D eigenvalue weighted by atomic mass is 10.1. The van der Waals surface area contributed by atoms with Crippen LogP contribution in [0.3, 0.4) is 0 Å². The number of amides is 1. The number of carbonyl (C=O) groups excluding carboxylic acids is 1. The topological polar surface area (TPSA) is 38.3 Å². The molecule has 1 aromatic carbocycles. The van der Waals surface area contributed by atoms with E-state index >= 15 is 0 Å². The molecule has 0 bridgehead atoms. The van der Waals surface area contributed by atoms with E-state index in [1.165, 1.54) is 0 Å². The molecule has 0 aromatic heterocycles. The maximum absolute atomic E-state index is 11.6. The first-order valence-corrected chi connectivity index (χ1v) is 6.62. The molecule has 5 heteroatoms. The highest BCUT2D eigenvalue weighted by atomic mass is 35.5. The highest BCUT2D eigenvalue weighted by molar-refractivity contribution is 6.35. The predicted octanol–water partition coefficient (Wildman–Crippen LogP) is 3.60. The lowest BCUT2D eigenvalue weighted by Gasteiger charge is -2.16. The fourth-order valence-electron chi connectivity index (χ4n) is 1.52. The van der Waals surface area contributed by atoms with Gasteiger partial charge >= 0.3 is 0 Å². The predicted molar refractivity (Wildman–Crippen MR) is 74.1 cm³/mol. The Morgan fingerprint density at radius 3 is 2.78 bits per heavy atom. The van der Waals surface area contributed by atoms with E-state index in [0.717, 1.165) is 12.0 Å². The molecule has 0 aliphatic rings. The molecule has 0 aliphatic heterocycles. The van der Waals surface area contributed by atoms with Crippen LogP contribution in [0.5, 0.6) is 0 Å².